The second-order valence-corrected chi connectivity index (χ2v) is 7.08. The summed E-state index contributed by atoms with van der Waals surface area (Å²) in [5, 5.41) is 0. The minimum Gasteiger partial charge on any atom is -0.358 e. The zero-order chi connectivity index (χ0) is 12.4. The van der Waals surface area contributed by atoms with Crippen LogP contribution in [0.5, 0.6) is 0 Å². The van der Waals surface area contributed by atoms with Crippen molar-refractivity contribution in [3.05, 3.63) is 0 Å². The number of epoxide rings is 1. The summed E-state index contributed by atoms with van der Waals surface area (Å²) in [6, 6.07) is 0. The van der Waals surface area contributed by atoms with Crippen molar-refractivity contribution in [3.8, 4) is 0 Å². The fraction of sp³-hybridized carbons (Fsp3) is 0.933. The first kappa shape index (κ1) is 11.7. The molecule has 1 saturated heterocycles. The fourth-order valence-electron chi connectivity index (χ4n) is 4.66. The first-order chi connectivity index (χ1) is 7.90. The Morgan fingerprint density at radius 2 is 2.06 bits per heavy atom. The molecule has 2 saturated carbocycles. The summed E-state index contributed by atoms with van der Waals surface area (Å²) < 4.78 is 5.69. The number of hydrogen-bond acceptors (Lipinski definition) is 2. The van der Waals surface area contributed by atoms with E-state index in [0.29, 0.717) is 17.6 Å². The van der Waals surface area contributed by atoms with Gasteiger partial charge in [-0.3, -0.25) is 4.79 Å². The van der Waals surface area contributed by atoms with Crippen LogP contribution >= 0.6 is 0 Å². The number of ether oxygens (including phenoxy) is 1. The zero-order valence-corrected chi connectivity index (χ0v) is 11.5. The van der Waals surface area contributed by atoms with Crippen molar-refractivity contribution in [3.63, 3.8) is 0 Å². The van der Waals surface area contributed by atoms with Crippen molar-refractivity contribution in [1.82, 2.24) is 0 Å². The van der Waals surface area contributed by atoms with Gasteiger partial charge in [-0.25, -0.2) is 0 Å². The maximum atomic E-state index is 12.3. The van der Waals surface area contributed by atoms with E-state index in [9.17, 15) is 4.79 Å². The molecule has 0 radical (unpaired) electrons. The van der Waals surface area contributed by atoms with E-state index in [2.05, 4.69) is 20.8 Å². The molecule has 0 aromatic rings. The number of ketones is 1. The van der Waals surface area contributed by atoms with E-state index in [-0.39, 0.29) is 11.5 Å². The van der Waals surface area contributed by atoms with Gasteiger partial charge in [0.15, 0.2) is 5.78 Å². The molecule has 5 unspecified atom stereocenters. The molecular weight excluding hydrogens is 212 g/mol. The largest absolute Gasteiger partial charge is 0.358 e. The highest BCUT2D eigenvalue weighted by atomic mass is 16.6. The van der Waals surface area contributed by atoms with Crippen molar-refractivity contribution in [2.45, 2.75) is 65.1 Å². The minimum absolute atomic E-state index is 0.227. The average molecular weight is 236 g/mol. The summed E-state index contributed by atoms with van der Waals surface area (Å²) in [6.45, 7) is 8.96. The molecule has 0 N–H and O–H groups in total. The van der Waals surface area contributed by atoms with Crippen molar-refractivity contribution in [2.75, 3.05) is 0 Å². The molecular formula is C15H24O2. The molecule has 1 aliphatic heterocycles. The molecule has 96 valence electrons. The Morgan fingerprint density at radius 1 is 1.35 bits per heavy atom. The molecule has 3 fully saturated rings. The maximum Gasteiger partial charge on any atom is 0.167 e. The lowest BCUT2D eigenvalue weighted by Crippen LogP contribution is -2.45. The Hall–Kier alpha value is -0.370. The smallest absolute Gasteiger partial charge is 0.167 e. The Balaban J connectivity index is 1.92. The van der Waals surface area contributed by atoms with Crippen molar-refractivity contribution < 1.29 is 9.53 Å². The molecule has 3 rings (SSSR count). The third-order valence-corrected chi connectivity index (χ3v) is 5.99. The summed E-state index contributed by atoms with van der Waals surface area (Å²) >= 11 is 0. The van der Waals surface area contributed by atoms with Crippen LogP contribution in [-0.2, 0) is 9.53 Å². The Kier molecular flexibility index (Phi) is 2.30. The van der Waals surface area contributed by atoms with Crippen LogP contribution in [0.25, 0.3) is 0 Å². The second-order valence-electron chi connectivity index (χ2n) is 7.08. The quantitative estimate of drug-likeness (QED) is 0.654. The molecule has 3 aliphatic rings. The molecule has 1 spiro atoms. The van der Waals surface area contributed by atoms with Gasteiger partial charge >= 0.3 is 0 Å². The summed E-state index contributed by atoms with van der Waals surface area (Å²) in [6.07, 6.45) is 4.71. The second kappa shape index (κ2) is 3.34. The van der Waals surface area contributed by atoms with Crippen LogP contribution in [0.3, 0.4) is 0 Å². The number of hydrogen-bond donors (Lipinski definition) is 0. The van der Waals surface area contributed by atoms with Crippen molar-refractivity contribution in [2.24, 2.45) is 23.2 Å². The number of carbonyl (C=O) groups is 1. The third-order valence-electron chi connectivity index (χ3n) is 5.99. The van der Waals surface area contributed by atoms with E-state index >= 15 is 0 Å². The van der Waals surface area contributed by atoms with Crippen LogP contribution in [0.2, 0.25) is 0 Å². The highest BCUT2D eigenvalue weighted by molar-refractivity contribution is 5.92. The highest BCUT2D eigenvalue weighted by Gasteiger charge is 2.68. The molecule has 0 aromatic carbocycles. The van der Waals surface area contributed by atoms with Gasteiger partial charge in [-0.05, 0) is 49.4 Å². The molecule has 0 aromatic heterocycles. The molecule has 2 heteroatoms. The van der Waals surface area contributed by atoms with Gasteiger partial charge in [0, 0.05) is 6.42 Å². The summed E-state index contributed by atoms with van der Waals surface area (Å²) in [7, 11) is 0. The first-order valence-electron chi connectivity index (χ1n) is 7.11. The molecule has 2 nitrogen and oxygen atoms in total. The Bertz CT molecular complexity index is 362. The van der Waals surface area contributed by atoms with Crippen LogP contribution < -0.4 is 0 Å². The SMILES string of the molecule is CC(C)C1CCC(C)C12CC(=O)C1(C)OC1C2. The number of fused-ring (bicyclic) bond motifs is 1. The predicted octanol–water partition coefficient (Wildman–Crippen LogP) is 3.20. The topological polar surface area (TPSA) is 29.6 Å². The Morgan fingerprint density at radius 3 is 2.65 bits per heavy atom. The number of carbonyl (C=O) groups excluding carboxylic acids is 1. The van der Waals surface area contributed by atoms with Crippen molar-refractivity contribution in [1.29, 1.82) is 0 Å². The Labute approximate surface area is 104 Å². The van der Waals surface area contributed by atoms with Gasteiger partial charge in [0.1, 0.15) is 5.60 Å². The molecule has 0 bridgehead atoms. The molecule has 1 heterocycles. The van der Waals surface area contributed by atoms with E-state index in [4.69, 9.17) is 4.74 Å². The van der Waals surface area contributed by atoms with Crippen LogP contribution in [0.1, 0.15) is 53.4 Å². The van der Waals surface area contributed by atoms with E-state index in [1.165, 1.54) is 12.8 Å². The first-order valence-corrected chi connectivity index (χ1v) is 7.11. The van der Waals surface area contributed by atoms with Crippen LogP contribution in [0.4, 0.5) is 0 Å². The summed E-state index contributed by atoms with van der Waals surface area (Å²) in [5.41, 5.74) is -0.138. The van der Waals surface area contributed by atoms with Gasteiger partial charge in [-0.2, -0.15) is 0 Å². The van der Waals surface area contributed by atoms with Gasteiger partial charge in [0.25, 0.3) is 0 Å². The predicted molar refractivity (Wildman–Crippen MR) is 66.7 cm³/mol. The van der Waals surface area contributed by atoms with Gasteiger partial charge in [-0.15, -0.1) is 0 Å². The summed E-state index contributed by atoms with van der Waals surface area (Å²) in [5.74, 6) is 2.46. The summed E-state index contributed by atoms with van der Waals surface area (Å²) in [4.78, 5) is 12.3. The third kappa shape index (κ3) is 1.39. The van der Waals surface area contributed by atoms with Gasteiger partial charge in [0.2, 0.25) is 0 Å². The van der Waals surface area contributed by atoms with Gasteiger partial charge < -0.3 is 4.74 Å². The fourth-order valence-corrected chi connectivity index (χ4v) is 4.66. The monoisotopic (exact) mass is 236 g/mol. The molecule has 2 aliphatic carbocycles. The lowest BCUT2D eigenvalue weighted by molar-refractivity contribution is -0.129. The maximum absolute atomic E-state index is 12.3. The minimum atomic E-state index is -0.394. The van der Waals surface area contributed by atoms with E-state index in [0.717, 1.165) is 18.8 Å². The van der Waals surface area contributed by atoms with Crippen LogP contribution in [0.15, 0.2) is 0 Å². The highest BCUT2D eigenvalue weighted by Crippen LogP contribution is 2.63. The van der Waals surface area contributed by atoms with Gasteiger partial charge in [-0.1, -0.05) is 20.8 Å². The van der Waals surface area contributed by atoms with E-state index < -0.39 is 5.60 Å². The van der Waals surface area contributed by atoms with E-state index in [1.54, 1.807) is 0 Å². The van der Waals surface area contributed by atoms with Crippen molar-refractivity contribution >= 4 is 5.78 Å². The van der Waals surface area contributed by atoms with E-state index in [1.807, 2.05) is 6.92 Å². The molecule has 17 heavy (non-hydrogen) atoms. The lowest BCUT2D eigenvalue weighted by Gasteiger charge is -2.43. The number of Topliss-reactive ketones (excluding diaryl/α,β-unsaturated/α-hetero) is 1. The molecule has 5 atom stereocenters. The normalized spacial score (nSPS) is 53.2. The number of rotatable bonds is 1. The average Bonchev–Trinajstić information content (AvgIpc) is 2.80. The van der Waals surface area contributed by atoms with Crippen LogP contribution in [0, 0.1) is 23.2 Å². The zero-order valence-electron chi connectivity index (χ0n) is 11.5. The lowest BCUT2D eigenvalue weighted by atomic mass is 9.59. The standard InChI is InChI=1S/C15H24O2/c1-9(2)11-6-5-10(3)15(11)7-12(16)14(4)13(8-15)17-14/h9-11,13H,5-8H2,1-4H3. The van der Waals surface area contributed by atoms with Gasteiger partial charge in [0.05, 0.1) is 6.10 Å². The molecule has 0 amide bonds. The van der Waals surface area contributed by atoms with Crippen LogP contribution in [-0.4, -0.2) is 17.5 Å².